The highest BCUT2D eigenvalue weighted by Gasteiger charge is 2.23. The maximum atomic E-state index is 12.7. The van der Waals surface area contributed by atoms with Gasteiger partial charge in [-0.05, 0) is 32.4 Å². The number of rotatable bonds is 7. The first-order chi connectivity index (χ1) is 14.4. The molecule has 0 saturated carbocycles. The van der Waals surface area contributed by atoms with E-state index in [1.54, 1.807) is 6.07 Å². The number of amides is 2. The van der Waals surface area contributed by atoms with Gasteiger partial charge in [0.05, 0.1) is 23.8 Å². The van der Waals surface area contributed by atoms with E-state index in [9.17, 15) is 14.4 Å². The molecule has 162 valence electrons. The molecule has 0 unspecified atom stereocenters. The van der Waals surface area contributed by atoms with Crippen molar-refractivity contribution in [3.05, 3.63) is 40.4 Å². The van der Waals surface area contributed by atoms with Crippen LogP contribution in [0.3, 0.4) is 0 Å². The largest absolute Gasteiger partial charge is 0.342 e. The van der Waals surface area contributed by atoms with E-state index in [1.807, 2.05) is 42.7 Å². The zero-order chi connectivity index (χ0) is 21.7. The van der Waals surface area contributed by atoms with E-state index in [-0.39, 0.29) is 23.8 Å². The van der Waals surface area contributed by atoms with Crippen molar-refractivity contribution in [2.45, 2.75) is 33.7 Å². The zero-order valence-corrected chi connectivity index (χ0v) is 18.1. The number of hydrogen-bond acceptors (Lipinski definition) is 5. The van der Waals surface area contributed by atoms with E-state index in [0.717, 1.165) is 18.7 Å². The van der Waals surface area contributed by atoms with Gasteiger partial charge >= 0.3 is 0 Å². The molecule has 0 bridgehead atoms. The Hall–Kier alpha value is -2.74. The summed E-state index contributed by atoms with van der Waals surface area (Å²) in [5, 5.41) is 0.580. The van der Waals surface area contributed by atoms with Gasteiger partial charge in [-0.2, -0.15) is 0 Å². The topological polar surface area (TPSA) is 78.8 Å². The second-order valence-corrected chi connectivity index (χ2v) is 7.69. The third kappa shape index (κ3) is 4.87. The van der Waals surface area contributed by atoms with E-state index in [1.165, 1.54) is 10.9 Å². The quantitative estimate of drug-likeness (QED) is 0.679. The van der Waals surface area contributed by atoms with Crippen molar-refractivity contribution < 1.29 is 9.59 Å². The van der Waals surface area contributed by atoms with Crippen molar-refractivity contribution in [2.24, 2.45) is 0 Å². The third-order valence-corrected chi connectivity index (χ3v) is 5.82. The zero-order valence-electron chi connectivity index (χ0n) is 18.1. The molecule has 1 fully saturated rings. The molecule has 0 N–H and O–H groups in total. The van der Waals surface area contributed by atoms with Gasteiger partial charge in [0.1, 0.15) is 0 Å². The second-order valence-electron chi connectivity index (χ2n) is 7.69. The maximum absolute atomic E-state index is 12.7. The smallest absolute Gasteiger partial charge is 0.261 e. The number of carbonyl (C=O) groups is 2. The SMILES string of the molecule is CCN(CC)C(=O)CN1CCN(C(=O)CCn2cnc3c(C)cccc3c2=O)CC1. The van der Waals surface area contributed by atoms with Gasteiger partial charge in [0.2, 0.25) is 11.8 Å². The minimum Gasteiger partial charge on any atom is -0.342 e. The Labute approximate surface area is 177 Å². The van der Waals surface area contributed by atoms with Crippen molar-refractivity contribution in [3.63, 3.8) is 0 Å². The minimum absolute atomic E-state index is 0.0287. The maximum Gasteiger partial charge on any atom is 0.261 e. The van der Waals surface area contributed by atoms with Gasteiger partial charge in [-0.25, -0.2) is 4.98 Å². The highest BCUT2D eigenvalue weighted by molar-refractivity contribution is 5.80. The summed E-state index contributed by atoms with van der Waals surface area (Å²) >= 11 is 0. The predicted molar refractivity (Wildman–Crippen MR) is 116 cm³/mol. The monoisotopic (exact) mass is 413 g/mol. The van der Waals surface area contributed by atoms with Gasteiger partial charge < -0.3 is 9.80 Å². The lowest BCUT2D eigenvalue weighted by Gasteiger charge is -2.35. The number of para-hydroxylation sites is 1. The summed E-state index contributed by atoms with van der Waals surface area (Å²) in [6, 6.07) is 5.55. The number of piperazine rings is 1. The fourth-order valence-electron chi connectivity index (χ4n) is 3.89. The number of nitrogens with zero attached hydrogens (tertiary/aromatic N) is 5. The molecule has 2 amide bonds. The first-order valence-corrected chi connectivity index (χ1v) is 10.7. The van der Waals surface area contributed by atoms with E-state index < -0.39 is 0 Å². The molecule has 30 heavy (non-hydrogen) atoms. The van der Waals surface area contributed by atoms with Crippen LogP contribution in [-0.2, 0) is 16.1 Å². The lowest BCUT2D eigenvalue weighted by molar-refractivity contribution is -0.135. The van der Waals surface area contributed by atoms with Gasteiger partial charge in [-0.3, -0.25) is 23.9 Å². The Morgan fingerprint density at radius 2 is 1.80 bits per heavy atom. The Kier molecular flexibility index (Phi) is 7.20. The van der Waals surface area contributed by atoms with Crippen LogP contribution in [0.5, 0.6) is 0 Å². The van der Waals surface area contributed by atoms with Gasteiger partial charge in [0.15, 0.2) is 0 Å². The van der Waals surface area contributed by atoms with Gasteiger partial charge in [-0.15, -0.1) is 0 Å². The van der Waals surface area contributed by atoms with Crippen LogP contribution in [0.25, 0.3) is 10.9 Å². The summed E-state index contributed by atoms with van der Waals surface area (Å²) in [4.78, 5) is 47.7. The van der Waals surface area contributed by atoms with Crippen LogP contribution < -0.4 is 5.56 Å². The van der Waals surface area contributed by atoms with Crippen LogP contribution in [0.15, 0.2) is 29.3 Å². The molecule has 8 heteroatoms. The molecule has 8 nitrogen and oxygen atoms in total. The Morgan fingerprint density at radius 3 is 2.47 bits per heavy atom. The highest BCUT2D eigenvalue weighted by atomic mass is 16.2. The molecule has 0 spiro atoms. The first kappa shape index (κ1) is 22.0. The number of likely N-dealkylation sites (N-methyl/N-ethyl adjacent to an activating group) is 1. The van der Waals surface area contributed by atoms with Crippen molar-refractivity contribution in [3.8, 4) is 0 Å². The van der Waals surface area contributed by atoms with E-state index in [0.29, 0.717) is 50.2 Å². The van der Waals surface area contributed by atoms with Crippen LogP contribution >= 0.6 is 0 Å². The van der Waals surface area contributed by atoms with Gasteiger partial charge in [0, 0.05) is 52.2 Å². The molecule has 0 radical (unpaired) electrons. The summed E-state index contributed by atoms with van der Waals surface area (Å²) in [6.45, 7) is 10.6. The Balaban J connectivity index is 1.52. The van der Waals surface area contributed by atoms with Crippen molar-refractivity contribution >= 4 is 22.7 Å². The van der Waals surface area contributed by atoms with Gasteiger partial charge in [-0.1, -0.05) is 12.1 Å². The van der Waals surface area contributed by atoms with Crippen LogP contribution in [0.1, 0.15) is 25.8 Å². The van der Waals surface area contributed by atoms with Crippen LogP contribution in [0.4, 0.5) is 0 Å². The van der Waals surface area contributed by atoms with Crippen LogP contribution in [0.2, 0.25) is 0 Å². The molecule has 1 aliphatic heterocycles. The van der Waals surface area contributed by atoms with Crippen molar-refractivity contribution in [2.75, 3.05) is 45.8 Å². The second kappa shape index (κ2) is 9.84. The highest BCUT2D eigenvalue weighted by Crippen LogP contribution is 2.11. The Bertz CT molecular complexity index is 959. The summed E-state index contributed by atoms with van der Waals surface area (Å²) < 4.78 is 1.51. The summed E-state index contributed by atoms with van der Waals surface area (Å²) in [5.74, 6) is 0.166. The minimum atomic E-state index is -0.115. The normalized spacial score (nSPS) is 14.8. The third-order valence-electron chi connectivity index (χ3n) is 5.82. The summed E-state index contributed by atoms with van der Waals surface area (Å²) in [6.07, 6.45) is 1.79. The average molecular weight is 414 g/mol. The number of hydrogen-bond donors (Lipinski definition) is 0. The van der Waals surface area contributed by atoms with E-state index >= 15 is 0 Å². The van der Waals surface area contributed by atoms with Crippen LogP contribution in [0, 0.1) is 6.92 Å². The number of fused-ring (bicyclic) bond motifs is 1. The van der Waals surface area contributed by atoms with Gasteiger partial charge in [0.25, 0.3) is 5.56 Å². The molecule has 2 heterocycles. The molecular weight excluding hydrogens is 382 g/mol. The molecule has 0 aliphatic carbocycles. The molecule has 2 aromatic rings. The van der Waals surface area contributed by atoms with E-state index in [2.05, 4.69) is 9.88 Å². The molecular formula is C22H31N5O3. The molecule has 1 aromatic carbocycles. The molecule has 0 atom stereocenters. The standard InChI is InChI=1S/C22H31N5O3/c1-4-25(5-2)20(29)15-24-11-13-26(14-12-24)19(28)9-10-27-16-23-21-17(3)7-6-8-18(21)22(27)30/h6-8,16H,4-5,9-15H2,1-3H3. The molecule has 3 rings (SSSR count). The summed E-state index contributed by atoms with van der Waals surface area (Å²) in [7, 11) is 0. The fraction of sp³-hybridized carbons (Fsp3) is 0.545. The number of aromatic nitrogens is 2. The predicted octanol–water partition coefficient (Wildman–Crippen LogP) is 1.11. The fourth-order valence-corrected chi connectivity index (χ4v) is 3.89. The number of carbonyl (C=O) groups excluding carboxylic acids is 2. The summed E-state index contributed by atoms with van der Waals surface area (Å²) in [5.41, 5.74) is 1.56. The van der Waals surface area contributed by atoms with Crippen molar-refractivity contribution in [1.82, 2.24) is 24.3 Å². The molecule has 1 saturated heterocycles. The first-order valence-electron chi connectivity index (χ1n) is 10.7. The number of aryl methyl sites for hydroxylation is 2. The lowest BCUT2D eigenvalue weighted by atomic mass is 10.1. The van der Waals surface area contributed by atoms with Crippen LogP contribution in [-0.4, -0.2) is 81.9 Å². The Morgan fingerprint density at radius 1 is 1.10 bits per heavy atom. The molecule has 1 aliphatic rings. The molecule has 1 aromatic heterocycles. The lowest BCUT2D eigenvalue weighted by Crippen LogP contribution is -2.51. The average Bonchev–Trinajstić information content (AvgIpc) is 2.75. The number of benzene rings is 1. The van der Waals surface area contributed by atoms with Crippen molar-refractivity contribution in [1.29, 1.82) is 0 Å². The van der Waals surface area contributed by atoms with E-state index in [4.69, 9.17) is 0 Å².